The summed E-state index contributed by atoms with van der Waals surface area (Å²) >= 11 is 7.26. The quantitative estimate of drug-likeness (QED) is 0.0325. The van der Waals surface area contributed by atoms with Gasteiger partial charge in [0.05, 0.1) is 59.7 Å². The van der Waals surface area contributed by atoms with Crippen molar-refractivity contribution in [3.05, 3.63) is 93.7 Å². The molecule has 394 valence electrons. The second-order valence-corrected chi connectivity index (χ2v) is 24.5. The number of halogens is 1. The number of unbranched alkanes of at least 4 members (excludes halogenated alkanes) is 2. The Balaban J connectivity index is 1.60. The number of carbonyl (C=O) groups is 1. The van der Waals surface area contributed by atoms with Crippen molar-refractivity contribution in [3.63, 3.8) is 0 Å². The molecule has 0 bridgehead atoms. The van der Waals surface area contributed by atoms with Gasteiger partial charge in [-0.15, -0.1) is 0 Å². The van der Waals surface area contributed by atoms with Crippen LogP contribution in [0.1, 0.15) is 95.6 Å². The van der Waals surface area contributed by atoms with E-state index in [-0.39, 0.29) is 61.7 Å². The van der Waals surface area contributed by atoms with E-state index in [0.717, 1.165) is 11.1 Å². The summed E-state index contributed by atoms with van der Waals surface area (Å²) in [4.78, 5) is 12.5. The molecule has 0 saturated heterocycles. The molecule has 71 heavy (non-hydrogen) atoms. The Kier molecular flexibility index (Phi) is 20.0. The number of carboxylic acid groups (broad SMARTS) is 1. The van der Waals surface area contributed by atoms with Gasteiger partial charge in [0.2, 0.25) is 5.69 Å². The molecule has 19 nitrogen and oxygen atoms in total. The lowest BCUT2D eigenvalue weighted by molar-refractivity contribution is -0.438. The van der Waals surface area contributed by atoms with Crippen LogP contribution in [0.4, 0.5) is 11.4 Å². The first kappa shape index (κ1) is 58.0. The normalized spacial score (nSPS) is 21.0. The molecule has 5 N–H and O–H groups in total. The van der Waals surface area contributed by atoms with Crippen molar-refractivity contribution in [2.45, 2.75) is 105 Å². The second kappa shape index (κ2) is 24.5. The summed E-state index contributed by atoms with van der Waals surface area (Å²) < 4.78 is 155. The molecule has 0 fully saturated rings. The van der Waals surface area contributed by atoms with Gasteiger partial charge in [0, 0.05) is 66.0 Å². The molecule has 24 heteroatoms. The third-order valence-corrected chi connectivity index (χ3v) is 16.8. The number of nitrogens with zero attached hydrogens (tertiary/aromatic N) is 2. The van der Waals surface area contributed by atoms with Gasteiger partial charge in [0.1, 0.15) is 6.54 Å². The van der Waals surface area contributed by atoms with Crippen LogP contribution in [-0.2, 0) is 70.3 Å². The average Bonchev–Trinajstić information content (AvgIpc) is 3.64. The molecule has 2 aromatic rings. The molecule has 2 heterocycles. The van der Waals surface area contributed by atoms with E-state index in [9.17, 15) is 61.8 Å². The Labute approximate surface area is 421 Å². The van der Waals surface area contributed by atoms with E-state index < -0.39 is 68.8 Å². The minimum Gasteiger partial charge on any atom is -0.481 e. The number of aliphatic carboxylic acids is 1. The predicted molar refractivity (Wildman–Crippen MR) is 267 cm³/mol. The number of fused-ring (bicyclic) bond motifs is 2. The zero-order valence-electron chi connectivity index (χ0n) is 40.0. The number of benzene rings is 2. The average molecular weight is 1090 g/mol. The number of rotatable bonds is 28. The summed E-state index contributed by atoms with van der Waals surface area (Å²) in [6.45, 7) is 5.86. The van der Waals surface area contributed by atoms with Crippen LogP contribution in [0.15, 0.2) is 92.4 Å². The van der Waals surface area contributed by atoms with E-state index in [1.54, 1.807) is 19.2 Å². The highest BCUT2D eigenvalue weighted by Crippen LogP contribution is 2.52. The lowest BCUT2D eigenvalue weighted by Gasteiger charge is -2.30. The number of ether oxygens (including phenoxy) is 3. The Morgan fingerprint density at radius 2 is 1.32 bits per heavy atom. The highest BCUT2D eigenvalue weighted by Gasteiger charge is 2.48. The number of hydrogen-bond donors (Lipinski definition) is 5. The van der Waals surface area contributed by atoms with Gasteiger partial charge < -0.3 is 24.2 Å². The highest BCUT2D eigenvalue weighted by atomic mass is 35.5. The van der Waals surface area contributed by atoms with Gasteiger partial charge in [0.25, 0.3) is 40.5 Å². The molecule has 0 aromatic heterocycles. The molecular formula is C47H64ClN2O17S4+. The summed E-state index contributed by atoms with van der Waals surface area (Å²) in [5, 5.41) is 9.63. The van der Waals surface area contributed by atoms with E-state index in [4.69, 9.17) is 25.8 Å². The van der Waals surface area contributed by atoms with E-state index in [0.29, 0.717) is 104 Å². The summed E-state index contributed by atoms with van der Waals surface area (Å²) in [5.74, 6) is -2.05. The highest BCUT2D eigenvalue weighted by molar-refractivity contribution is 7.86. The van der Waals surface area contributed by atoms with Crippen molar-refractivity contribution in [2.75, 3.05) is 69.6 Å². The first-order valence-corrected chi connectivity index (χ1v) is 29.6. The SMILES string of the molecule is COCCOCCOCCN1/C(=C/C=C2\CCCC(/C=C/C3=[N+](CCCCCC(=O)O)c4ccc(S(=O)(=O)O)cc4C3(C)CCCS(=O)(=O)O)=C2Cl)C(C)(CCCS(=O)(=O)O)c2cc(S(=O)(=O)O)ccc21. The van der Waals surface area contributed by atoms with Crippen molar-refractivity contribution in [1.82, 2.24) is 0 Å². The molecular weight excluding hydrogens is 1030 g/mol. The third-order valence-electron chi connectivity index (χ3n) is 13.0. The Morgan fingerprint density at radius 3 is 1.93 bits per heavy atom. The van der Waals surface area contributed by atoms with Gasteiger partial charge in [-0.25, -0.2) is 0 Å². The van der Waals surface area contributed by atoms with Crippen molar-refractivity contribution in [2.24, 2.45) is 0 Å². The Hall–Kier alpha value is -3.85. The standard InChI is InChI=1S/C47H63ClN2O17S4/c1-46(21-8-30-68(53,54)55)38-32-36(70(59,60)61)15-17-40(38)49(23-6-4-5-12-44(51)52)42(46)19-13-34-10-7-11-35(45(34)48)14-20-43-47(2,22-9-31-69(56,57)58)39-33-37(71(62,63)64)16-18-41(39)50(43)24-25-66-28-29-67-27-26-65-3/h13-20,32-33H,4-12,21-31H2,1-3H3,(H4-,51,52,53,54,55,56,57,58,59,60,61,62,63,64)/p+1. The van der Waals surface area contributed by atoms with Crippen molar-refractivity contribution >= 4 is 75.1 Å². The fourth-order valence-electron chi connectivity index (χ4n) is 9.52. The number of allylic oxidation sites excluding steroid dienone is 8. The number of carboxylic acids is 1. The molecule has 1 aliphatic carbocycles. The maximum absolute atomic E-state index is 12.4. The minimum atomic E-state index is -4.66. The number of anilines is 1. The largest absolute Gasteiger partial charge is 0.481 e. The van der Waals surface area contributed by atoms with Crippen molar-refractivity contribution < 1.29 is 80.6 Å². The molecule has 0 spiro atoms. The van der Waals surface area contributed by atoms with Crippen LogP contribution in [-0.4, -0.2) is 138 Å². The van der Waals surface area contributed by atoms with Crippen molar-refractivity contribution in [3.8, 4) is 0 Å². The zero-order chi connectivity index (χ0) is 52.4. The maximum Gasteiger partial charge on any atom is 0.303 e. The van der Waals surface area contributed by atoms with Gasteiger partial charge in [0.15, 0.2) is 5.71 Å². The van der Waals surface area contributed by atoms with E-state index in [1.807, 2.05) is 47.6 Å². The summed E-state index contributed by atoms with van der Waals surface area (Å²) in [6.07, 6.45) is 10.9. The molecule has 0 saturated carbocycles. The maximum atomic E-state index is 12.4. The topological polar surface area (TPSA) is 289 Å². The molecule has 0 amide bonds. The molecule has 2 aliphatic heterocycles. The summed E-state index contributed by atoms with van der Waals surface area (Å²) in [7, 11) is -16.5. The van der Waals surface area contributed by atoms with Gasteiger partial charge >= 0.3 is 5.97 Å². The molecule has 2 atom stereocenters. The molecule has 2 unspecified atom stereocenters. The van der Waals surface area contributed by atoms with E-state index >= 15 is 0 Å². The number of methoxy groups -OCH3 is 1. The zero-order valence-corrected chi connectivity index (χ0v) is 44.0. The fourth-order valence-corrected chi connectivity index (χ4v) is 11.9. The van der Waals surface area contributed by atoms with E-state index in [2.05, 4.69) is 0 Å². The first-order chi connectivity index (χ1) is 33.2. The van der Waals surface area contributed by atoms with E-state index in [1.165, 1.54) is 24.3 Å². The van der Waals surface area contributed by atoms with Gasteiger partial charge in [-0.05, 0) is 125 Å². The first-order valence-electron chi connectivity index (χ1n) is 23.1. The van der Waals surface area contributed by atoms with Crippen molar-refractivity contribution in [1.29, 1.82) is 0 Å². The Morgan fingerprint density at radius 1 is 0.732 bits per heavy atom. The summed E-state index contributed by atoms with van der Waals surface area (Å²) in [5.41, 5.74) is 2.82. The monoisotopic (exact) mass is 1090 g/mol. The second-order valence-electron chi connectivity index (χ2n) is 18.1. The molecule has 0 radical (unpaired) electrons. The molecule has 2 aromatic carbocycles. The fraction of sp³-hybridized carbons (Fsp3) is 0.532. The molecule has 3 aliphatic rings. The van der Waals surface area contributed by atoms with Gasteiger partial charge in [-0.2, -0.15) is 38.2 Å². The predicted octanol–water partition coefficient (Wildman–Crippen LogP) is 7.02. The smallest absolute Gasteiger partial charge is 0.303 e. The Bertz CT molecular complexity index is 2910. The molecule has 5 rings (SSSR count). The lowest BCUT2D eigenvalue weighted by Crippen LogP contribution is -2.32. The van der Waals surface area contributed by atoms with Crippen LogP contribution < -0.4 is 4.90 Å². The van der Waals surface area contributed by atoms with Crippen LogP contribution in [0, 0.1) is 0 Å². The summed E-state index contributed by atoms with van der Waals surface area (Å²) in [6, 6.07) is 8.39. The van der Waals surface area contributed by atoms with Gasteiger partial charge in [-0.3, -0.25) is 23.0 Å². The number of hydrogen-bond acceptors (Lipinski definition) is 13. The van der Waals surface area contributed by atoms with Crippen LogP contribution in [0.25, 0.3) is 0 Å². The minimum absolute atomic E-state index is 0.00848. The van der Waals surface area contributed by atoms with Crippen LogP contribution in [0.2, 0.25) is 0 Å². The third kappa shape index (κ3) is 15.6. The lowest BCUT2D eigenvalue weighted by atomic mass is 9.75. The van der Waals surface area contributed by atoms with Crippen LogP contribution in [0.5, 0.6) is 0 Å². The van der Waals surface area contributed by atoms with Gasteiger partial charge in [-0.1, -0.05) is 23.8 Å². The van der Waals surface area contributed by atoms with Crippen LogP contribution in [0.3, 0.4) is 0 Å². The van der Waals surface area contributed by atoms with Crippen LogP contribution >= 0.6 is 11.6 Å².